The Morgan fingerprint density at radius 3 is 2.53 bits per heavy atom. The second-order valence-electron chi connectivity index (χ2n) is 4.05. The lowest BCUT2D eigenvalue weighted by molar-refractivity contribution is -0.121. The van der Waals surface area contributed by atoms with Gasteiger partial charge in [-0.15, -0.1) is 0 Å². The van der Waals surface area contributed by atoms with Gasteiger partial charge in [0.25, 0.3) is 0 Å². The number of halogens is 3. The Hall–Kier alpha value is -0.430. The number of nitrogens with one attached hydrogen (secondary N) is 1. The van der Waals surface area contributed by atoms with Gasteiger partial charge in [-0.05, 0) is 34.1 Å². The average molecular weight is 452 g/mol. The Labute approximate surface area is 136 Å². The quantitative estimate of drug-likeness (QED) is 0.670. The van der Waals surface area contributed by atoms with Gasteiger partial charge in [-0.1, -0.05) is 56.1 Å². The van der Waals surface area contributed by atoms with Crippen LogP contribution in [0.1, 0.15) is 0 Å². The summed E-state index contributed by atoms with van der Waals surface area (Å²) in [5.74, 6) is -1.05. The fourth-order valence-corrected chi connectivity index (χ4v) is 3.43. The lowest BCUT2D eigenvalue weighted by atomic mass is 9.96. The maximum atomic E-state index is 12.3. The van der Waals surface area contributed by atoms with Crippen molar-refractivity contribution in [1.29, 1.82) is 0 Å². The Bertz CT molecular complexity index is 552. The van der Waals surface area contributed by atoms with Crippen LogP contribution >= 0.6 is 47.8 Å². The fraction of sp³-hybridized carbons (Fsp3) is 0.154. The van der Waals surface area contributed by atoms with Crippen LogP contribution in [0, 0.1) is 5.92 Å². The van der Waals surface area contributed by atoms with E-state index >= 15 is 0 Å². The van der Waals surface area contributed by atoms with Crippen LogP contribution in [-0.2, 0) is 4.79 Å². The standard InChI is InChI=1S/C13H10Br3NO2/c14-8-6-10(13(16,19)11(15)7-8)12(18)17-9-4-2-1-3-5-9/h1-7,10,19H,(H,17,18). The molecular formula is C13H10Br3NO2. The molecule has 0 bridgehead atoms. The van der Waals surface area contributed by atoms with Gasteiger partial charge in [0.2, 0.25) is 5.91 Å². The van der Waals surface area contributed by atoms with Crippen LogP contribution in [0.5, 0.6) is 0 Å². The first kappa shape index (κ1) is 15.0. The summed E-state index contributed by atoms with van der Waals surface area (Å²) in [5.41, 5.74) is 0.686. The molecule has 0 fully saturated rings. The third-order valence-corrected chi connectivity index (χ3v) is 5.44. The summed E-state index contributed by atoms with van der Waals surface area (Å²) < 4.78 is -0.220. The molecule has 2 rings (SSSR count). The Balaban J connectivity index is 2.22. The molecule has 2 atom stereocenters. The van der Waals surface area contributed by atoms with Crippen LogP contribution < -0.4 is 5.32 Å². The normalized spacial score (nSPS) is 26.4. The molecular weight excluding hydrogens is 442 g/mol. The number of para-hydroxylation sites is 1. The minimum absolute atomic E-state index is 0.299. The van der Waals surface area contributed by atoms with E-state index in [2.05, 4.69) is 53.1 Å². The fourth-order valence-electron chi connectivity index (χ4n) is 1.68. The number of aliphatic hydroxyl groups is 1. The summed E-state index contributed by atoms with van der Waals surface area (Å²) in [6.07, 6.45) is 3.35. The molecule has 0 saturated heterocycles. The van der Waals surface area contributed by atoms with Crippen molar-refractivity contribution < 1.29 is 9.90 Å². The number of amides is 1. The van der Waals surface area contributed by atoms with E-state index in [1.165, 1.54) is 0 Å². The monoisotopic (exact) mass is 449 g/mol. The molecule has 6 heteroatoms. The highest BCUT2D eigenvalue weighted by Gasteiger charge is 2.42. The van der Waals surface area contributed by atoms with Crippen LogP contribution in [-0.4, -0.2) is 15.5 Å². The van der Waals surface area contributed by atoms with Crippen LogP contribution in [0.2, 0.25) is 0 Å². The Morgan fingerprint density at radius 2 is 1.89 bits per heavy atom. The van der Waals surface area contributed by atoms with Gasteiger partial charge < -0.3 is 10.4 Å². The summed E-state index contributed by atoms with van der Waals surface area (Å²) in [6.45, 7) is 0. The van der Waals surface area contributed by atoms with Crippen LogP contribution in [0.4, 0.5) is 5.69 Å². The van der Waals surface area contributed by atoms with Gasteiger partial charge in [0.05, 0.1) is 0 Å². The lowest BCUT2D eigenvalue weighted by Gasteiger charge is -2.31. The van der Waals surface area contributed by atoms with Crippen molar-refractivity contribution in [1.82, 2.24) is 0 Å². The highest BCUT2D eigenvalue weighted by molar-refractivity contribution is 9.14. The highest BCUT2D eigenvalue weighted by Crippen LogP contribution is 2.42. The zero-order valence-electron chi connectivity index (χ0n) is 9.61. The molecule has 19 heavy (non-hydrogen) atoms. The van der Waals surface area contributed by atoms with E-state index in [4.69, 9.17) is 0 Å². The molecule has 2 N–H and O–H groups in total. The number of carbonyl (C=O) groups excluding carboxylic acids is 1. The first-order chi connectivity index (χ1) is 8.91. The number of alkyl halides is 1. The van der Waals surface area contributed by atoms with E-state index < -0.39 is 10.4 Å². The van der Waals surface area contributed by atoms with Crippen molar-refractivity contribution in [2.45, 2.75) is 4.51 Å². The van der Waals surface area contributed by atoms with E-state index in [9.17, 15) is 9.90 Å². The Kier molecular flexibility index (Phi) is 4.66. The Morgan fingerprint density at radius 1 is 1.26 bits per heavy atom. The predicted molar refractivity (Wildman–Crippen MR) is 86.5 cm³/mol. The zero-order chi connectivity index (χ0) is 14.0. The number of hydrogen-bond donors (Lipinski definition) is 2. The molecule has 0 spiro atoms. The molecule has 0 heterocycles. The predicted octanol–water partition coefficient (Wildman–Crippen LogP) is 3.90. The molecule has 1 aliphatic carbocycles. The van der Waals surface area contributed by atoms with Crippen LogP contribution in [0.15, 0.2) is 51.4 Å². The maximum Gasteiger partial charge on any atom is 0.235 e. The zero-order valence-corrected chi connectivity index (χ0v) is 14.4. The van der Waals surface area contributed by atoms with Crippen molar-refractivity contribution in [2.24, 2.45) is 5.92 Å². The third kappa shape index (κ3) is 3.37. The van der Waals surface area contributed by atoms with Gasteiger partial charge in [-0.2, -0.15) is 0 Å². The average Bonchev–Trinajstić information content (AvgIpc) is 2.35. The molecule has 100 valence electrons. The van der Waals surface area contributed by atoms with Crippen LogP contribution in [0.25, 0.3) is 0 Å². The number of rotatable bonds is 2. The van der Waals surface area contributed by atoms with Crippen molar-refractivity contribution in [2.75, 3.05) is 5.32 Å². The first-order valence-electron chi connectivity index (χ1n) is 5.43. The number of carbonyl (C=O) groups is 1. The molecule has 3 nitrogen and oxygen atoms in total. The van der Waals surface area contributed by atoms with Gasteiger partial charge >= 0.3 is 0 Å². The van der Waals surface area contributed by atoms with E-state index in [-0.39, 0.29) is 5.91 Å². The molecule has 1 aromatic rings. The number of hydrogen-bond acceptors (Lipinski definition) is 2. The van der Waals surface area contributed by atoms with Crippen molar-refractivity contribution in [3.05, 3.63) is 51.4 Å². The van der Waals surface area contributed by atoms with Gasteiger partial charge in [0.1, 0.15) is 5.92 Å². The second-order valence-corrected chi connectivity index (χ2v) is 7.03. The molecule has 0 aliphatic heterocycles. The largest absolute Gasteiger partial charge is 0.373 e. The molecule has 1 aromatic carbocycles. The summed E-state index contributed by atoms with van der Waals surface area (Å²) in [4.78, 5) is 12.3. The molecule has 1 amide bonds. The molecule has 0 aromatic heterocycles. The van der Waals surface area contributed by atoms with Crippen molar-refractivity contribution in [3.63, 3.8) is 0 Å². The highest BCUT2D eigenvalue weighted by atomic mass is 79.9. The summed E-state index contributed by atoms with van der Waals surface area (Å²) in [7, 11) is 0. The molecule has 0 saturated carbocycles. The van der Waals surface area contributed by atoms with E-state index in [0.717, 1.165) is 4.48 Å². The molecule has 1 aliphatic rings. The second kappa shape index (κ2) is 5.91. The summed E-state index contributed by atoms with van der Waals surface area (Å²) in [5, 5.41) is 13.1. The van der Waals surface area contributed by atoms with E-state index in [1.807, 2.05) is 18.2 Å². The molecule has 2 unspecified atom stereocenters. The topological polar surface area (TPSA) is 49.3 Å². The van der Waals surface area contributed by atoms with Gasteiger partial charge in [-0.3, -0.25) is 4.79 Å². The van der Waals surface area contributed by atoms with E-state index in [0.29, 0.717) is 10.2 Å². The van der Waals surface area contributed by atoms with E-state index in [1.54, 1.807) is 24.3 Å². The van der Waals surface area contributed by atoms with Crippen molar-refractivity contribution in [3.8, 4) is 0 Å². The summed E-state index contributed by atoms with van der Waals surface area (Å²) >= 11 is 9.75. The number of allylic oxidation sites excluding steroid dienone is 2. The summed E-state index contributed by atoms with van der Waals surface area (Å²) in [6, 6.07) is 9.11. The molecule has 0 radical (unpaired) electrons. The smallest absolute Gasteiger partial charge is 0.235 e. The minimum Gasteiger partial charge on any atom is -0.373 e. The SMILES string of the molecule is O=C(Nc1ccccc1)C1C=C(Br)C=C(Br)C1(O)Br. The minimum atomic E-state index is -1.44. The van der Waals surface area contributed by atoms with Gasteiger partial charge in [-0.25, -0.2) is 0 Å². The van der Waals surface area contributed by atoms with Crippen LogP contribution in [0.3, 0.4) is 0 Å². The lowest BCUT2D eigenvalue weighted by Crippen LogP contribution is -2.40. The maximum absolute atomic E-state index is 12.3. The van der Waals surface area contributed by atoms with Gasteiger partial charge in [0, 0.05) is 14.7 Å². The first-order valence-corrected chi connectivity index (χ1v) is 7.81. The number of anilines is 1. The third-order valence-electron chi connectivity index (χ3n) is 2.66. The van der Waals surface area contributed by atoms with Gasteiger partial charge in [0.15, 0.2) is 4.51 Å². The number of benzene rings is 1. The van der Waals surface area contributed by atoms with Crippen molar-refractivity contribution >= 4 is 59.4 Å².